The van der Waals surface area contributed by atoms with Gasteiger partial charge in [0, 0.05) is 28.3 Å². The van der Waals surface area contributed by atoms with Crippen LogP contribution in [0, 0.1) is 10.1 Å². The number of hydrogen-bond donors (Lipinski definition) is 1. The van der Waals surface area contributed by atoms with E-state index in [1.54, 1.807) is 24.3 Å². The van der Waals surface area contributed by atoms with Crippen molar-refractivity contribution in [2.24, 2.45) is 0 Å². The highest BCUT2D eigenvalue weighted by atomic mass is 32.2. The summed E-state index contributed by atoms with van der Waals surface area (Å²) in [5.74, 6) is 0. The van der Waals surface area contributed by atoms with E-state index < -0.39 is 11.0 Å². The maximum absolute atomic E-state index is 12.1. The third-order valence-corrected chi connectivity index (χ3v) is 3.74. The summed E-state index contributed by atoms with van der Waals surface area (Å²) in [6.45, 7) is 0. The Morgan fingerprint density at radius 3 is 2.22 bits per heavy atom. The Kier molecular flexibility index (Phi) is 5.32. The number of methoxy groups -OCH3 is 1. The lowest BCUT2D eigenvalue weighted by Gasteiger charge is -2.05. The van der Waals surface area contributed by atoms with E-state index in [1.165, 1.54) is 31.4 Å². The molecule has 0 unspecified atom stereocenters. The van der Waals surface area contributed by atoms with Gasteiger partial charge >= 0.3 is 6.09 Å². The van der Waals surface area contributed by atoms with E-state index in [1.807, 2.05) is 0 Å². The van der Waals surface area contributed by atoms with Gasteiger partial charge in [-0.2, -0.15) is 0 Å². The van der Waals surface area contributed by atoms with Gasteiger partial charge in [0.25, 0.3) is 5.69 Å². The molecule has 1 amide bonds. The summed E-state index contributed by atoms with van der Waals surface area (Å²) in [4.78, 5) is 33.9. The van der Waals surface area contributed by atoms with E-state index in [0.717, 1.165) is 11.8 Å². The number of non-ortho nitro benzene ring substituents is 1. The van der Waals surface area contributed by atoms with Gasteiger partial charge in [-0.3, -0.25) is 20.2 Å². The lowest BCUT2D eigenvalue weighted by Crippen LogP contribution is -2.10. The van der Waals surface area contributed by atoms with Crippen LogP contribution in [0.3, 0.4) is 0 Å². The van der Waals surface area contributed by atoms with E-state index in [9.17, 15) is 19.7 Å². The number of nitrogens with one attached hydrogen (secondary N) is 1. The topological polar surface area (TPSA) is 98.5 Å². The highest BCUT2D eigenvalue weighted by molar-refractivity contribution is 8.14. The Labute approximate surface area is 135 Å². The van der Waals surface area contributed by atoms with Gasteiger partial charge in [0.1, 0.15) is 0 Å². The molecule has 0 saturated carbocycles. The van der Waals surface area contributed by atoms with E-state index >= 15 is 0 Å². The van der Waals surface area contributed by atoms with Gasteiger partial charge in [0.05, 0.1) is 12.0 Å². The molecule has 2 rings (SSSR count). The molecule has 0 aromatic heterocycles. The number of amides is 1. The second kappa shape index (κ2) is 7.41. The van der Waals surface area contributed by atoms with E-state index in [2.05, 4.69) is 10.1 Å². The summed E-state index contributed by atoms with van der Waals surface area (Å²) in [6, 6.07) is 12.1. The van der Waals surface area contributed by atoms with Crippen molar-refractivity contribution in [1.29, 1.82) is 0 Å². The lowest BCUT2D eigenvalue weighted by molar-refractivity contribution is -0.384. The maximum Gasteiger partial charge on any atom is 0.411 e. The molecule has 0 aliphatic carbocycles. The van der Waals surface area contributed by atoms with Gasteiger partial charge < -0.3 is 4.74 Å². The van der Waals surface area contributed by atoms with Crippen LogP contribution >= 0.6 is 11.8 Å². The Bertz CT molecular complexity index is 729. The number of nitro benzene ring substituents is 1. The van der Waals surface area contributed by atoms with Crippen LogP contribution in [-0.2, 0) is 4.74 Å². The highest BCUT2D eigenvalue weighted by Crippen LogP contribution is 2.25. The summed E-state index contributed by atoms with van der Waals surface area (Å²) in [7, 11) is 1.27. The SMILES string of the molecule is COC(=O)Nc1ccc(SC(=O)c2ccc([N+](=O)[O-])cc2)cc1. The van der Waals surface area contributed by atoms with Crippen molar-refractivity contribution >= 4 is 34.3 Å². The molecule has 23 heavy (non-hydrogen) atoms. The summed E-state index contributed by atoms with van der Waals surface area (Å²) < 4.78 is 4.48. The Hall–Kier alpha value is -2.87. The Balaban J connectivity index is 2.02. The zero-order chi connectivity index (χ0) is 16.8. The minimum absolute atomic E-state index is 0.0650. The fourth-order valence-electron chi connectivity index (χ4n) is 1.66. The molecule has 0 aliphatic rings. The number of carbonyl (C=O) groups is 2. The average Bonchev–Trinajstić information content (AvgIpc) is 2.56. The average molecular weight is 332 g/mol. The van der Waals surface area contributed by atoms with Crippen molar-refractivity contribution < 1.29 is 19.2 Å². The first-order chi connectivity index (χ1) is 11.0. The number of carbonyl (C=O) groups excluding carboxylic acids is 2. The van der Waals surface area contributed by atoms with E-state index in [4.69, 9.17) is 0 Å². The predicted molar refractivity (Wildman–Crippen MR) is 85.8 cm³/mol. The van der Waals surface area contributed by atoms with Crippen LogP contribution in [0.15, 0.2) is 53.4 Å². The fraction of sp³-hybridized carbons (Fsp3) is 0.0667. The van der Waals surface area contributed by atoms with Crippen molar-refractivity contribution in [2.45, 2.75) is 4.90 Å². The molecule has 0 aliphatic heterocycles. The first-order valence-electron chi connectivity index (χ1n) is 6.41. The van der Waals surface area contributed by atoms with Crippen LogP contribution in [-0.4, -0.2) is 23.2 Å². The van der Waals surface area contributed by atoms with E-state index in [0.29, 0.717) is 16.1 Å². The first-order valence-corrected chi connectivity index (χ1v) is 7.23. The molecule has 0 radical (unpaired) electrons. The molecule has 0 fully saturated rings. The minimum Gasteiger partial charge on any atom is -0.453 e. The third-order valence-electron chi connectivity index (χ3n) is 2.81. The molecule has 2 aromatic carbocycles. The molecular formula is C15H12N2O5S. The van der Waals surface area contributed by atoms with Gasteiger partial charge in [-0.05, 0) is 48.2 Å². The number of hydrogen-bond acceptors (Lipinski definition) is 6. The zero-order valence-corrected chi connectivity index (χ0v) is 12.8. The number of nitro groups is 1. The lowest BCUT2D eigenvalue weighted by atomic mass is 10.2. The normalized spacial score (nSPS) is 9.96. The number of ether oxygens (including phenoxy) is 1. The van der Waals surface area contributed by atoms with Crippen LogP contribution in [0.1, 0.15) is 10.4 Å². The van der Waals surface area contributed by atoms with Crippen LogP contribution in [0.2, 0.25) is 0 Å². The Morgan fingerprint density at radius 2 is 1.70 bits per heavy atom. The second-order valence-electron chi connectivity index (χ2n) is 4.33. The van der Waals surface area contributed by atoms with Crippen LogP contribution < -0.4 is 5.32 Å². The maximum atomic E-state index is 12.1. The van der Waals surface area contributed by atoms with Gasteiger partial charge in [-0.25, -0.2) is 4.79 Å². The number of anilines is 1. The van der Waals surface area contributed by atoms with Crippen molar-refractivity contribution in [1.82, 2.24) is 0 Å². The molecule has 0 saturated heterocycles. The zero-order valence-electron chi connectivity index (χ0n) is 12.0. The van der Waals surface area contributed by atoms with Gasteiger partial charge in [0.2, 0.25) is 5.12 Å². The van der Waals surface area contributed by atoms with Gasteiger partial charge in [0.15, 0.2) is 0 Å². The largest absolute Gasteiger partial charge is 0.453 e. The molecular weight excluding hydrogens is 320 g/mol. The van der Waals surface area contributed by atoms with Crippen LogP contribution in [0.25, 0.3) is 0 Å². The molecule has 2 aromatic rings. The molecule has 0 atom stereocenters. The molecule has 0 spiro atoms. The molecule has 118 valence electrons. The molecule has 8 heteroatoms. The fourth-order valence-corrected chi connectivity index (χ4v) is 2.40. The van der Waals surface area contributed by atoms with Crippen molar-refractivity contribution in [3.63, 3.8) is 0 Å². The van der Waals surface area contributed by atoms with Crippen molar-refractivity contribution in [2.75, 3.05) is 12.4 Å². The summed E-state index contributed by atoms with van der Waals surface area (Å²) >= 11 is 0.992. The standard InChI is InChI=1S/C15H12N2O5S/c1-22-15(19)16-11-4-8-13(9-5-11)23-14(18)10-2-6-12(7-3-10)17(20)21/h2-9H,1H3,(H,16,19). The van der Waals surface area contributed by atoms with E-state index in [-0.39, 0.29) is 10.8 Å². The molecule has 1 N–H and O–H groups in total. The van der Waals surface area contributed by atoms with Crippen molar-refractivity contribution in [3.8, 4) is 0 Å². The summed E-state index contributed by atoms with van der Waals surface area (Å²) in [5, 5.41) is 12.9. The first kappa shape index (κ1) is 16.5. The number of rotatable bonds is 4. The van der Waals surface area contributed by atoms with Crippen LogP contribution in [0.5, 0.6) is 0 Å². The number of nitrogens with zero attached hydrogens (tertiary/aromatic N) is 1. The summed E-state index contributed by atoms with van der Waals surface area (Å²) in [6.07, 6.45) is -0.577. The quantitative estimate of drug-likeness (QED) is 0.520. The third kappa shape index (κ3) is 4.55. The van der Waals surface area contributed by atoms with Gasteiger partial charge in [-0.1, -0.05) is 0 Å². The second-order valence-corrected chi connectivity index (χ2v) is 5.38. The minimum atomic E-state index is -0.577. The molecule has 7 nitrogen and oxygen atoms in total. The Morgan fingerprint density at radius 1 is 1.09 bits per heavy atom. The highest BCUT2D eigenvalue weighted by Gasteiger charge is 2.11. The summed E-state index contributed by atoms with van der Waals surface area (Å²) in [5.41, 5.74) is 0.853. The number of thioether (sulfide) groups is 1. The predicted octanol–water partition coefficient (Wildman–Crippen LogP) is 3.71. The van der Waals surface area contributed by atoms with Crippen LogP contribution in [0.4, 0.5) is 16.2 Å². The smallest absolute Gasteiger partial charge is 0.411 e. The van der Waals surface area contributed by atoms with Crippen molar-refractivity contribution in [3.05, 3.63) is 64.2 Å². The molecule has 0 heterocycles. The molecule has 0 bridgehead atoms. The number of benzene rings is 2. The van der Waals surface area contributed by atoms with Gasteiger partial charge in [-0.15, -0.1) is 0 Å². The monoisotopic (exact) mass is 332 g/mol.